The van der Waals surface area contributed by atoms with E-state index in [1.54, 1.807) is 0 Å². The normalized spacial score (nSPS) is 16.1. The van der Waals surface area contributed by atoms with Crippen molar-refractivity contribution in [1.82, 2.24) is 9.55 Å². The zero-order valence-corrected chi connectivity index (χ0v) is 14.4. The van der Waals surface area contributed by atoms with Crippen LogP contribution < -0.4 is 5.32 Å². The van der Waals surface area contributed by atoms with Crippen LogP contribution in [0.25, 0.3) is 5.69 Å². The highest BCUT2D eigenvalue weighted by Gasteiger charge is 2.16. The molecule has 1 heterocycles. The molecule has 0 amide bonds. The molecule has 3 nitrogen and oxygen atoms in total. The molecular formula is C16H19BrClN3. The molecule has 0 radical (unpaired) electrons. The van der Waals surface area contributed by atoms with Crippen molar-refractivity contribution in [2.45, 2.75) is 45.1 Å². The molecule has 1 fully saturated rings. The number of nitrogens with zero attached hydrogens (tertiary/aromatic N) is 2. The quantitative estimate of drug-likeness (QED) is 0.792. The fourth-order valence-corrected chi connectivity index (χ4v) is 3.66. The first kappa shape index (κ1) is 14.9. The Kier molecular flexibility index (Phi) is 4.55. The van der Waals surface area contributed by atoms with Gasteiger partial charge in [0.05, 0.1) is 5.69 Å². The Morgan fingerprint density at radius 1 is 1.29 bits per heavy atom. The van der Waals surface area contributed by atoms with E-state index < -0.39 is 0 Å². The summed E-state index contributed by atoms with van der Waals surface area (Å²) in [6, 6.07) is 4.55. The molecule has 0 spiro atoms. The lowest BCUT2D eigenvalue weighted by Crippen LogP contribution is -2.24. The molecule has 1 aliphatic carbocycles. The van der Waals surface area contributed by atoms with Gasteiger partial charge < -0.3 is 5.32 Å². The smallest absolute Gasteiger partial charge is 0.207 e. The van der Waals surface area contributed by atoms with E-state index in [0.29, 0.717) is 6.04 Å². The van der Waals surface area contributed by atoms with Gasteiger partial charge in [0.1, 0.15) is 0 Å². The first-order chi connectivity index (χ1) is 10.1. The van der Waals surface area contributed by atoms with Gasteiger partial charge in [-0.15, -0.1) is 0 Å². The highest BCUT2D eigenvalue weighted by molar-refractivity contribution is 9.10. The SMILES string of the molecule is Cc1cc(Br)c(-n2ccnc2NC2CCCCC2)cc1Cl. The molecule has 1 aliphatic rings. The topological polar surface area (TPSA) is 29.9 Å². The molecule has 5 heteroatoms. The number of benzene rings is 1. The Labute approximate surface area is 138 Å². The van der Waals surface area contributed by atoms with E-state index in [1.165, 1.54) is 32.1 Å². The fourth-order valence-electron chi connectivity index (χ4n) is 2.85. The van der Waals surface area contributed by atoms with Gasteiger partial charge in [-0.05, 0) is 53.4 Å². The van der Waals surface area contributed by atoms with Gasteiger partial charge in [-0.25, -0.2) is 4.98 Å². The largest absolute Gasteiger partial charge is 0.353 e. The third-order valence-electron chi connectivity index (χ3n) is 4.07. The molecule has 0 atom stereocenters. The summed E-state index contributed by atoms with van der Waals surface area (Å²) in [7, 11) is 0. The zero-order valence-electron chi connectivity index (χ0n) is 12.1. The number of aryl methyl sites for hydroxylation is 1. The van der Waals surface area contributed by atoms with E-state index in [9.17, 15) is 0 Å². The molecule has 3 rings (SSSR count). The third kappa shape index (κ3) is 3.27. The Balaban J connectivity index is 1.89. The van der Waals surface area contributed by atoms with E-state index in [1.807, 2.05) is 31.5 Å². The van der Waals surface area contributed by atoms with Crippen LogP contribution in [0.15, 0.2) is 29.0 Å². The van der Waals surface area contributed by atoms with Crippen LogP contribution in [0.2, 0.25) is 5.02 Å². The van der Waals surface area contributed by atoms with E-state index in [4.69, 9.17) is 11.6 Å². The summed E-state index contributed by atoms with van der Waals surface area (Å²) in [6.45, 7) is 2.01. The maximum Gasteiger partial charge on any atom is 0.207 e. The minimum Gasteiger partial charge on any atom is -0.353 e. The molecule has 0 unspecified atom stereocenters. The van der Waals surface area contributed by atoms with Crippen LogP contribution in [0.3, 0.4) is 0 Å². The number of nitrogens with one attached hydrogen (secondary N) is 1. The van der Waals surface area contributed by atoms with Gasteiger partial charge >= 0.3 is 0 Å². The van der Waals surface area contributed by atoms with E-state index in [-0.39, 0.29) is 0 Å². The van der Waals surface area contributed by atoms with Gasteiger partial charge in [0, 0.05) is 27.9 Å². The van der Waals surface area contributed by atoms with E-state index >= 15 is 0 Å². The summed E-state index contributed by atoms with van der Waals surface area (Å²) in [5.74, 6) is 0.891. The molecule has 0 saturated heterocycles. The van der Waals surface area contributed by atoms with Crippen LogP contribution in [0.1, 0.15) is 37.7 Å². The molecule has 1 saturated carbocycles. The van der Waals surface area contributed by atoms with Crippen molar-refractivity contribution in [2.75, 3.05) is 5.32 Å². The van der Waals surface area contributed by atoms with Crippen molar-refractivity contribution in [3.8, 4) is 5.69 Å². The summed E-state index contributed by atoms with van der Waals surface area (Å²) in [4.78, 5) is 4.47. The van der Waals surface area contributed by atoms with Gasteiger partial charge in [0.2, 0.25) is 5.95 Å². The zero-order chi connectivity index (χ0) is 14.8. The second-order valence-corrected chi connectivity index (χ2v) is 6.91. The number of hydrogen-bond donors (Lipinski definition) is 1. The summed E-state index contributed by atoms with van der Waals surface area (Å²) in [5.41, 5.74) is 2.08. The third-order valence-corrected chi connectivity index (χ3v) is 5.11. The average Bonchev–Trinajstić information content (AvgIpc) is 2.92. The van der Waals surface area contributed by atoms with Gasteiger partial charge in [0.15, 0.2) is 0 Å². The van der Waals surface area contributed by atoms with Crippen molar-refractivity contribution in [2.24, 2.45) is 0 Å². The number of rotatable bonds is 3. The van der Waals surface area contributed by atoms with Crippen LogP contribution in [0, 0.1) is 6.92 Å². The van der Waals surface area contributed by atoms with Gasteiger partial charge in [-0.1, -0.05) is 30.9 Å². The predicted molar refractivity (Wildman–Crippen MR) is 91.5 cm³/mol. The minimum absolute atomic E-state index is 0.527. The molecule has 1 N–H and O–H groups in total. The molecule has 21 heavy (non-hydrogen) atoms. The lowest BCUT2D eigenvalue weighted by Gasteiger charge is -2.24. The van der Waals surface area contributed by atoms with Crippen molar-refractivity contribution in [1.29, 1.82) is 0 Å². The summed E-state index contributed by atoms with van der Waals surface area (Å²) in [6.07, 6.45) is 10.2. The van der Waals surface area contributed by atoms with E-state index in [0.717, 1.165) is 26.7 Å². The van der Waals surface area contributed by atoms with Crippen LogP contribution >= 0.6 is 27.5 Å². The van der Waals surface area contributed by atoms with Crippen molar-refractivity contribution in [3.05, 3.63) is 39.6 Å². The van der Waals surface area contributed by atoms with Crippen molar-refractivity contribution in [3.63, 3.8) is 0 Å². The first-order valence-electron chi connectivity index (χ1n) is 7.41. The molecule has 0 bridgehead atoms. The number of hydrogen-bond acceptors (Lipinski definition) is 2. The Morgan fingerprint density at radius 2 is 2.05 bits per heavy atom. The first-order valence-corrected chi connectivity index (χ1v) is 8.58. The fraction of sp³-hybridized carbons (Fsp3) is 0.438. The van der Waals surface area contributed by atoms with Gasteiger partial charge in [-0.2, -0.15) is 0 Å². The second-order valence-electron chi connectivity index (χ2n) is 5.65. The molecule has 0 aliphatic heterocycles. The Hall–Kier alpha value is -1.00. The standard InChI is InChI=1S/C16H19BrClN3/c1-11-9-13(17)15(10-14(11)18)21-8-7-19-16(21)20-12-5-3-2-4-6-12/h7-10,12H,2-6H2,1H3,(H,19,20). The number of halogens is 2. The minimum atomic E-state index is 0.527. The summed E-state index contributed by atoms with van der Waals surface area (Å²) >= 11 is 9.90. The van der Waals surface area contributed by atoms with Crippen molar-refractivity contribution >= 4 is 33.5 Å². The number of anilines is 1. The average molecular weight is 369 g/mol. The summed E-state index contributed by atoms with van der Waals surface area (Å²) < 4.78 is 3.08. The van der Waals surface area contributed by atoms with Crippen LogP contribution in [-0.2, 0) is 0 Å². The predicted octanol–water partition coefficient (Wildman–Crippen LogP) is 5.34. The molecule has 2 aromatic rings. The van der Waals surface area contributed by atoms with Gasteiger partial charge in [0.25, 0.3) is 0 Å². The molecule has 112 valence electrons. The van der Waals surface area contributed by atoms with Gasteiger partial charge in [-0.3, -0.25) is 4.57 Å². The molecular weight excluding hydrogens is 350 g/mol. The second kappa shape index (κ2) is 6.41. The highest BCUT2D eigenvalue weighted by Crippen LogP contribution is 2.30. The molecule has 1 aromatic carbocycles. The van der Waals surface area contributed by atoms with Crippen LogP contribution in [0.4, 0.5) is 5.95 Å². The summed E-state index contributed by atoms with van der Waals surface area (Å²) in [5, 5.41) is 4.35. The lowest BCUT2D eigenvalue weighted by molar-refractivity contribution is 0.460. The molecule has 1 aromatic heterocycles. The highest BCUT2D eigenvalue weighted by atomic mass is 79.9. The number of aromatic nitrogens is 2. The van der Waals surface area contributed by atoms with E-state index in [2.05, 4.69) is 30.8 Å². The monoisotopic (exact) mass is 367 g/mol. The Bertz CT molecular complexity index is 632. The van der Waals surface area contributed by atoms with Crippen molar-refractivity contribution < 1.29 is 0 Å². The maximum absolute atomic E-state index is 6.27. The Morgan fingerprint density at radius 3 is 2.81 bits per heavy atom. The van der Waals surface area contributed by atoms with Crippen LogP contribution in [0.5, 0.6) is 0 Å². The number of imidazole rings is 1. The maximum atomic E-state index is 6.27. The van der Waals surface area contributed by atoms with Crippen LogP contribution in [-0.4, -0.2) is 15.6 Å². The lowest BCUT2D eigenvalue weighted by atomic mass is 9.96.